The Kier molecular flexibility index (Phi) is 6.72. The SMILES string of the molecule is C[C@H](NC(=O)OC(C)(C)C)C(=O)OC[C@H]1O[C@@H](n2cnc3c(N)nc(Cl)nc32)[C@@H](F)[C@@H]1O. The second-order valence-corrected chi connectivity index (χ2v) is 8.54. The molecule has 0 spiro atoms. The number of aliphatic hydroxyl groups excluding tert-OH is 1. The Balaban J connectivity index is 1.62. The number of aliphatic hydroxyl groups is 1. The van der Waals surface area contributed by atoms with Crippen molar-refractivity contribution in [1.82, 2.24) is 24.8 Å². The van der Waals surface area contributed by atoms with Gasteiger partial charge < -0.3 is 30.4 Å². The van der Waals surface area contributed by atoms with E-state index in [1.54, 1.807) is 20.8 Å². The molecule has 0 aliphatic carbocycles. The summed E-state index contributed by atoms with van der Waals surface area (Å²) < 4.78 is 31.7. The van der Waals surface area contributed by atoms with E-state index in [9.17, 15) is 19.1 Å². The van der Waals surface area contributed by atoms with Crippen molar-refractivity contribution in [2.24, 2.45) is 0 Å². The van der Waals surface area contributed by atoms with Crippen LogP contribution in [-0.4, -0.2) is 73.3 Å². The van der Waals surface area contributed by atoms with Gasteiger partial charge in [0.05, 0.1) is 6.33 Å². The van der Waals surface area contributed by atoms with E-state index in [1.807, 2.05) is 0 Å². The molecule has 2 aromatic heterocycles. The number of aromatic nitrogens is 4. The van der Waals surface area contributed by atoms with E-state index in [-0.39, 0.29) is 22.3 Å². The van der Waals surface area contributed by atoms with E-state index in [2.05, 4.69) is 20.3 Å². The summed E-state index contributed by atoms with van der Waals surface area (Å²) >= 11 is 5.82. The van der Waals surface area contributed by atoms with Gasteiger partial charge in [-0.05, 0) is 39.3 Å². The van der Waals surface area contributed by atoms with Crippen molar-refractivity contribution >= 4 is 40.6 Å². The predicted molar refractivity (Wildman–Crippen MR) is 109 cm³/mol. The number of anilines is 1. The molecule has 176 valence electrons. The van der Waals surface area contributed by atoms with Crippen molar-refractivity contribution in [3.8, 4) is 0 Å². The highest BCUT2D eigenvalue weighted by Gasteiger charge is 2.46. The van der Waals surface area contributed by atoms with E-state index < -0.39 is 54.9 Å². The lowest BCUT2D eigenvalue weighted by Crippen LogP contribution is -2.43. The van der Waals surface area contributed by atoms with Crippen LogP contribution < -0.4 is 11.1 Å². The maximum atomic E-state index is 14.8. The van der Waals surface area contributed by atoms with Gasteiger partial charge in [0.25, 0.3) is 0 Å². The largest absolute Gasteiger partial charge is 0.461 e. The first kappa shape index (κ1) is 23.9. The van der Waals surface area contributed by atoms with Crippen LogP contribution in [0.2, 0.25) is 5.28 Å². The summed E-state index contributed by atoms with van der Waals surface area (Å²) in [5.41, 5.74) is 5.32. The molecule has 1 fully saturated rings. The van der Waals surface area contributed by atoms with Gasteiger partial charge in [-0.2, -0.15) is 9.97 Å². The summed E-state index contributed by atoms with van der Waals surface area (Å²) in [6, 6.07) is -1.04. The monoisotopic (exact) mass is 474 g/mol. The van der Waals surface area contributed by atoms with Gasteiger partial charge in [0.15, 0.2) is 23.9 Å². The Bertz CT molecular complexity index is 1010. The topological polar surface area (TPSA) is 164 Å². The van der Waals surface area contributed by atoms with Crippen LogP contribution in [-0.2, 0) is 19.0 Å². The molecule has 0 saturated carbocycles. The zero-order chi connectivity index (χ0) is 23.8. The van der Waals surface area contributed by atoms with Gasteiger partial charge >= 0.3 is 12.1 Å². The number of fused-ring (bicyclic) bond motifs is 1. The van der Waals surface area contributed by atoms with Crippen LogP contribution in [0.25, 0.3) is 11.2 Å². The van der Waals surface area contributed by atoms with Crippen LogP contribution in [0.4, 0.5) is 15.0 Å². The number of imidazole rings is 1. The van der Waals surface area contributed by atoms with Crippen molar-refractivity contribution in [3.05, 3.63) is 11.6 Å². The molecular weight excluding hydrogens is 451 g/mol. The average Bonchev–Trinajstić information content (AvgIpc) is 3.20. The van der Waals surface area contributed by atoms with Crippen LogP contribution in [0.15, 0.2) is 6.33 Å². The smallest absolute Gasteiger partial charge is 0.408 e. The number of nitrogens with two attached hydrogens (primary N) is 1. The third-order valence-corrected chi connectivity index (χ3v) is 4.63. The molecule has 32 heavy (non-hydrogen) atoms. The van der Waals surface area contributed by atoms with E-state index in [4.69, 9.17) is 31.5 Å². The highest BCUT2D eigenvalue weighted by molar-refractivity contribution is 6.28. The standard InChI is InChI=1S/C18H24ClFN6O6/c1-7(23-17(29)32-18(2,3)4)15(28)30-5-8-11(27)9(20)14(31-8)26-6-22-10-12(21)24-16(19)25-13(10)26/h6-9,11,14,27H,5H2,1-4H3,(H,23,29)(H2,21,24,25)/t7-,8+,9-,11+,14+/m0/s1. The summed E-state index contributed by atoms with van der Waals surface area (Å²) in [6.07, 6.45) is -5.55. The molecule has 3 rings (SSSR count). The minimum absolute atomic E-state index is 0.00431. The molecule has 12 nitrogen and oxygen atoms in total. The lowest BCUT2D eigenvalue weighted by Gasteiger charge is -2.22. The molecule has 2 aromatic rings. The van der Waals surface area contributed by atoms with E-state index >= 15 is 0 Å². The van der Waals surface area contributed by atoms with Gasteiger partial charge in [-0.25, -0.2) is 19.0 Å². The summed E-state index contributed by atoms with van der Waals surface area (Å²) in [4.78, 5) is 35.7. The Morgan fingerprint density at radius 2 is 2.12 bits per heavy atom. The molecule has 0 radical (unpaired) electrons. The number of nitrogen functional groups attached to an aromatic ring is 1. The summed E-state index contributed by atoms with van der Waals surface area (Å²) in [7, 11) is 0. The molecule has 0 bridgehead atoms. The van der Waals surface area contributed by atoms with E-state index in [0.717, 1.165) is 0 Å². The first-order valence-electron chi connectivity index (χ1n) is 9.66. The minimum Gasteiger partial charge on any atom is -0.461 e. The van der Waals surface area contributed by atoms with E-state index in [1.165, 1.54) is 17.8 Å². The number of carbonyl (C=O) groups is 2. The Labute approximate surface area is 187 Å². The number of rotatable bonds is 5. The number of nitrogens with zero attached hydrogens (tertiary/aromatic N) is 4. The third-order valence-electron chi connectivity index (χ3n) is 4.47. The number of hydrogen-bond acceptors (Lipinski definition) is 10. The normalized spacial score (nSPS) is 24.3. The maximum Gasteiger partial charge on any atom is 0.408 e. The summed E-state index contributed by atoms with van der Waals surface area (Å²) in [5.74, 6) is -0.810. The zero-order valence-electron chi connectivity index (χ0n) is 17.8. The average molecular weight is 475 g/mol. The van der Waals surface area contributed by atoms with Crippen LogP contribution in [0.5, 0.6) is 0 Å². The van der Waals surface area contributed by atoms with Gasteiger partial charge in [-0.1, -0.05) is 0 Å². The Morgan fingerprint density at radius 1 is 1.44 bits per heavy atom. The van der Waals surface area contributed by atoms with Gasteiger partial charge in [0, 0.05) is 0 Å². The summed E-state index contributed by atoms with van der Waals surface area (Å²) in [6.45, 7) is 5.97. The fourth-order valence-corrected chi connectivity index (χ4v) is 3.17. The molecular formula is C18H24ClFN6O6. The third kappa shape index (κ3) is 5.16. The lowest BCUT2D eigenvalue weighted by atomic mass is 10.1. The number of nitrogens with one attached hydrogen (secondary N) is 1. The van der Waals surface area contributed by atoms with Gasteiger partial charge in [0.1, 0.15) is 36.0 Å². The molecule has 0 aromatic carbocycles. The number of amides is 1. The van der Waals surface area contributed by atoms with Crippen molar-refractivity contribution in [2.75, 3.05) is 12.3 Å². The maximum absolute atomic E-state index is 14.8. The second-order valence-electron chi connectivity index (χ2n) is 8.20. The van der Waals surface area contributed by atoms with Gasteiger partial charge in [-0.15, -0.1) is 0 Å². The number of alkyl halides is 1. The van der Waals surface area contributed by atoms with E-state index in [0.29, 0.717) is 0 Å². The quantitative estimate of drug-likeness (QED) is 0.422. The molecule has 3 heterocycles. The Morgan fingerprint density at radius 3 is 2.78 bits per heavy atom. The number of carbonyl (C=O) groups excluding carboxylic acids is 2. The molecule has 1 saturated heterocycles. The predicted octanol–water partition coefficient (Wildman–Crippen LogP) is 1.11. The fourth-order valence-electron chi connectivity index (χ4n) is 2.99. The van der Waals surface area contributed by atoms with Crippen LogP contribution in [0.1, 0.15) is 33.9 Å². The number of esters is 1. The minimum atomic E-state index is -1.89. The van der Waals surface area contributed by atoms with Crippen LogP contribution in [0.3, 0.4) is 0 Å². The highest BCUT2D eigenvalue weighted by Crippen LogP contribution is 2.34. The lowest BCUT2D eigenvalue weighted by molar-refractivity contribution is -0.152. The molecule has 5 atom stereocenters. The van der Waals surface area contributed by atoms with Gasteiger partial charge in [-0.3, -0.25) is 4.57 Å². The number of alkyl carbamates (subject to hydrolysis) is 1. The summed E-state index contributed by atoms with van der Waals surface area (Å²) in [5, 5.41) is 12.4. The second kappa shape index (κ2) is 9.00. The van der Waals surface area contributed by atoms with Crippen LogP contribution >= 0.6 is 11.6 Å². The van der Waals surface area contributed by atoms with Crippen LogP contribution in [0, 0.1) is 0 Å². The van der Waals surface area contributed by atoms with Crippen molar-refractivity contribution < 1.29 is 33.3 Å². The molecule has 1 aliphatic rings. The highest BCUT2D eigenvalue weighted by atomic mass is 35.5. The first-order valence-corrected chi connectivity index (χ1v) is 10.0. The molecule has 0 unspecified atom stereocenters. The van der Waals surface area contributed by atoms with Crippen molar-refractivity contribution in [3.63, 3.8) is 0 Å². The molecule has 4 N–H and O–H groups in total. The fraction of sp³-hybridized carbons (Fsp3) is 0.611. The van der Waals surface area contributed by atoms with Gasteiger partial charge in [0.2, 0.25) is 5.28 Å². The van der Waals surface area contributed by atoms with Crippen molar-refractivity contribution in [1.29, 1.82) is 0 Å². The van der Waals surface area contributed by atoms with Crippen molar-refractivity contribution in [2.45, 2.75) is 63.9 Å². The first-order chi connectivity index (χ1) is 14.9. The Hall–Kier alpha value is -2.77. The number of ether oxygens (including phenoxy) is 3. The number of hydrogen-bond donors (Lipinski definition) is 3. The molecule has 1 amide bonds. The molecule has 1 aliphatic heterocycles. The molecule has 14 heteroatoms. The number of halogens is 2. The zero-order valence-corrected chi connectivity index (χ0v) is 18.5.